The molecule has 90 valence electrons. The van der Waals surface area contributed by atoms with Crippen molar-refractivity contribution in [1.29, 1.82) is 0 Å². The van der Waals surface area contributed by atoms with Gasteiger partial charge in [-0.1, -0.05) is 0 Å². The third-order valence-electron chi connectivity index (χ3n) is 3.14. The predicted molar refractivity (Wildman–Crippen MR) is 66.1 cm³/mol. The van der Waals surface area contributed by atoms with Crippen LogP contribution < -0.4 is 16.0 Å². The van der Waals surface area contributed by atoms with Gasteiger partial charge in [-0.25, -0.2) is 4.79 Å². The second kappa shape index (κ2) is 3.48. The van der Waals surface area contributed by atoms with Crippen LogP contribution in [0.25, 0.3) is 0 Å². The molecule has 1 heterocycles. The van der Waals surface area contributed by atoms with E-state index in [1.165, 1.54) is 0 Å². The van der Waals surface area contributed by atoms with Crippen LogP contribution in [0.15, 0.2) is 18.2 Å². The van der Waals surface area contributed by atoms with E-state index in [4.69, 9.17) is 5.73 Å². The Bertz CT molecular complexity index is 508. The number of amides is 3. The Morgan fingerprint density at radius 3 is 2.65 bits per heavy atom. The molecule has 0 atom stereocenters. The Labute approximate surface area is 99.6 Å². The van der Waals surface area contributed by atoms with Crippen LogP contribution in [0.1, 0.15) is 19.4 Å². The van der Waals surface area contributed by atoms with Gasteiger partial charge in [0.1, 0.15) is 0 Å². The minimum absolute atomic E-state index is 0.0451. The zero-order valence-electron chi connectivity index (χ0n) is 10.1. The van der Waals surface area contributed by atoms with Gasteiger partial charge in [0.2, 0.25) is 5.91 Å². The van der Waals surface area contributed by atoms with Gasteiger partial charge in [0.05, 0.1) is 5.41 Å². The molecule has 0 unspecified atom stereocenters. The summed E-state index contributed by atoms with van der Waals surface area (Å²) in [6.45, 7) is 3.73. The van der Waals surface area contributed by atoms with Crippen molar-refractivity contribution >= 4 is 23.3 Å². The lowest BCUT2D eigenvalue weighted by Gasteiger charge is -2.16. The first kappa shape index (κ1) is 11.4. The number of nitrogens with one attached hydrogen (secondary N) is 1. The molecule has 1 aliphatic heterocycles. The Balaban J connectivity index is 2.50. The van der Waals surface area contributed by atoms with E-state index in [2.05, 4.69) is 5.32 Å². The van der Waals surface area contributed by atoms with Crippen LogP contribution >= 0.6 is 0 Å². The number of nitrogens with zero attached hydrogens (tertiary/aromatic N) is 1. The number of hydrogen-bond donors (Lipinski definition) is 2. The average Bonchev–Trinajstić information content (AvgIpc) is 2.40. The van der Waals surface area contributed by atoms with E-state index in [1.54, 1.807) is 24.1 Å². The fourth-order valence-electron chi connectivity index (χ4n) is 2.19. The third-order valence-corrected chi connectivity index (χ3v) is 3.14. The van der Waals surface area contributed by atoms with Gasteiger partial charge in [-0.05, 0) is 37.6 Å². The first-order chi connectivity index (χ1) is 7.84. The molecule has 2 rings (SSSR count). The van der Waals surface area contributed by atoms with E-state index < -0.39 is 11.4 Å². The van der Waals surface area contributed by atoms with Crippen LogP contribution in [0, 0.1) is 0 Å². The van der Waals surface area contributed by atoms with Crippen LogP contribution in [-0.2, 0) is 10.2 Å². The van der Waals surface area contributed by atoms with Crippen molar-refractivity contribution < 1.29 is 9.59 Å². The highest BCUT2D eigenvalue weighted by Gasteiger charge is 2.42. The number of likely N-dealkylation sites (N-methyl/N-ethyl adjacent to an activating group) is 1. The van der Waals surface area contributed by atoms with Crippen LogP contribution in [-0.4, -0.2) is 19.0 Å². The molecule has 1 aromatic rings. The van der Waals surface area contributed by atoms with Crippen molar-refractivity contribution in [2.75, 3.05) is 17.3 Å². The Morgan fingerprint density at radius 2 is 2.06 bits per heavy atom. The van der Waals surface area contributed by atoms with Gasteiger partial charge in [0, 0.05) is 18.4 Å². The van der Waals surface area contributed by atoms with E-state index in [-0.39, 0.29) is 5.91 Å². The van der Waals surface area contributed by atoms with E-state index in [0.29, 0.717) is 5.69 Å². The van der Waals surface area contributed by atoms with E-state index in [0.717, 1.165) is 11.3 Å². The number of primary amides is 1. The molecule has 5 nitrogen and oxygen atoms in total. The van der Waals surface area contributed by atoms with Gasteiger partial charge in [-0.15, -0.1) is 0 Å². The van der Waals surface area contributed by atoms with Gasteiger partial charge in [0.25, 0.3) is 0 Å². The average molecular weight is 233 g/mol. The zero-order valence-corrected chi connectivity index (χ0v) is 10.1. The van der Waals surface area contributed by atoms with Crippen molar-refractivity contribution in [2.45, 2.75) is 19.3 Å². The lowest BCUT2D eigenvalue weighted by molar-refractivity contribution is -0.121. The summed E-state index contributed by atoms with van der Waals surface area (Å²) in [7, 11) is 1.75. The van der Waals surface area contributed by atoms with Crippen LogP contribution in [0.4, 0.5) is 16.2 Å². The Kier molecular flexibility index (Phi) is 2.34. The monoisotopic (exact) mass is 233 g/mol. The quantitative estimate of drug-likeness (QED) is 0.770. The summed E-state index contributed by atoms with van der Waals surface area (Å²) in [5.41, 5.74) is 6.87. The van der Waals surface area contributed by atoms with Crippen molar-refractivity contribution in [3.05, 3.63) is 23.8 Å². The molecule has 1 aromatic carbocycles. The highest BCUT2D eigenvalue weighted by atomic mass is 16.2. The summed E-state index contributed by atoms with van der Waals surface area (Å²) < 4.78 is 0. The van der Waals surface area contributed by atoms with Gasteiger partial charge >= 0.3 is 6.03 Å². The predicted octanol–water partition coefficient (Wildman–Crippen LogP) is 1.43. The summed E-state index contributed by atoms with van der Waals surface area (Å²) in [5, 5.41) is 2.51. The molecule has 0 aliphatic carbocycles. The summed E-state index contributed by atoms with van der Waals surface area (Å²) in [5.74, 6) is 0.0451. The molecule has 0 saturated heterocycles. The maximum Gasteiger partial charge on any atom is 0.316 e. The number of rotatable bonds is 1. The first-order valence-corrected chi connectivity index (χ1v) is 5.33. The maximum absolute atomic E-state index is 12.0. The Morgan fingerprint density at radius 1 is 1.41 bits per heavy atom. The van der Waals surface area contributed by atoms with Gasteiger partial charge < -0.3 is 16.0 Å². The normalized spacial score (nSPS) is 16.9. The molecule has 0 bridgehead atoms. The topological polar surface area (TPSA) is 75.4 Å². The fourth-order valence-corrected chi connectivity index (χ4v) is 2.19. The number of benzene rings is 1. The summed E-state index contributed by atoms with van der Waals surface area (Å²) >= 11 is 0. The molecular weight excluding hydrogens is 218 g/mol. The summed E-state index contributed by atoms with van der Waals surface area (Å²) in [4.78, 5) is 24.5. The Hall–Kier alpha value is -2.04. The fraction of sp³-hybridized carbons (Fsp3) is 0.333. The highest BCUT2D eigenvalue weighted by molar-refractivity contribution is 6.07. The smallest absolute Gasteiger partial charge is 0.316 e. The lowest BCUT2D eigenvalue weighted by Crippen LogP contribution is -2.33. The number of carbonyl (C=O) groups excluding carboxylic acids is 2. The van der Waals surface area contributed by atoms with Crippen LogP contribution in [0.2, 0.25) is 0 Å². The van der Waals surface area contributed by atoms with E-state index in [9.17, 15) is 9.59 Å². The standard InChI is InChI=1S/C12H15N3O2/c1-12(2)8-6-7(14-11(13)17)4-5-9(8)15(3)10(12)16/h4-6H,1-3H3,(H3,13,14,17). The first-order valence-electron chi connectivity index (χ1n) is 5.33. The molecule has 0 fully saturated rings. The molecule has 0 aromatic heterocycles. The van der Waals surface area contributed by atoms with Gasteiger partial charge in [-0.3, -0.25) is 4.79 Å². The molecule has 3 N–H and O–H groups in total. The summed E-state index contributed by atoms with van der Waals surface area (Å²) in [6.07, 6.45) is 0. The number of anilines is 2. The molecule has 0 spiro atoms. The third kappa shape index (κ3) is 1.63. The van der Waals surface area contributed by atoms with Crippen LogP contribution in [0.3, 0.4) is 0 Å². The zero-order chi connectivity index (χ0) is 12.8. The van der Waals surface area contributed by atoms with Crippen molar-refractivity contribution in [1.82, 2.24) is 0 Å². The molecule has 17 heavy (non-hydrogen) atoms. The molecule has 0 saturated carbocycles. The second-order valence-electron chi connectivity index (χ2n) is 4.71. The lowest BCUT2D eigenvalue weighted by atomic mass is 9.86. The van der Waals surface area contributed by atoms with Crippen molar-refractivity contribution in [3.8, 4) is 0 Å². The SMILES string of the molecule is CN1C(=O)C(C)(C)c2cc(NC(N)=O)ccc21. The number of urea groups is 1. The van der Waals surface area contributed by atoms with Crippen LogP contribution in [0.5, 0.6) is 0 Å². The molecule has 1 aliphatic rings. The van der Waals surface area contributed by atoms with Gasteiger partial charge in [0.15, 0.2) is 0 Å². The largest absolute Gasteiger partial charge is 0.351 e. The number of carbonyl (C=O) groups is 2. The minimum atomic E-state index is -0.611. The van der Waals surface area contributed by atoms with E-state index >= 15 is 0 Å². The van der Waals surface area contributed by atoms with Gasteiger partial charge in [-0.2, -0.15) is 0 Å². The van der Waals surface area contributed by atoms with E-state index in [1.807, 2.05) is 19.9 Å². The van der Waals surface area contributed by atoms with Crippen molar-refractivity contribution in [3.63, 3.8) is 0 Å². The molecule has 0 radical (unpaired) electrons. The number of nitrogens with two attached hydrogens (primary N) is 1. The molecule has 5 heteroatoms. The minimum Gasteiger partial charge on any atom is -0.351 e. The maximum atomic E-state index is 12.0. The van der Waals surface area contributed by atoms with Crippen molar-refractivity contribution in [2.24, 2.45) is 5.73 Å². The molecular formula is C12H15N3O2. The summed E-state index contributed by atoms with van der Waals surface area (Å²) in [6, 6.07) is 4.73. The second-order valence-corrected chi connectivity index (χ2v) is 4.71. The number of hydrogen-bond acceptors (Lipinski definition) is 2. The molecule has 3 amide bonds. The highest BCUT2D eigenvalue weighted by Crippen LogP contribution is 2.41. The number of fused-ring (bicyclic) bond motifs is 1.